The molecule has 2 amide bonds. The Bertz CT molecular complexity index is 678. The Morgan fingerprint density at radius 3 is 2.48 bits per heavy atom. The van der Waals surface area contributed by atoms with E-state index in [1.165, 1.54) is 12.1 Å². The summed E-state index contributed by atoms with van der Waals surface area (Å²) in [6.45, 7) is 2.52. The van der Waals surface area contributed by atoms with Crippen LogP contribution in [-0.2, 0) is 14.8 Å². The van der Waals surface area contributed by atoms with Crippen molar-refractivity contribution in [2.75, 3.05) is 31.6 Å². The molecule has 2 heterocycles. The lowest BCUT2D eigenvalue weighted by Gasteiger charge is -2.26. The van der Waals surface area contributed by atoms with Gasteiger partial charge in [0.25, 0.3) is 0 Å². The number of nitrogens with one attached hydrogen (secondary N) is 2. The van der Waals surface area contributed by atoms with Gasteiger partial charge in [-0.05, 0) is 56.4 Å². The lowest BCUT2D eigenvalue weighted by molar-refractivity contribution is 0.114. The quantitative estimate of drug-likeness (QED) is 0.835. The molecule has 0 spiro atoms. The minimum Gasteiger partial charge on any atom is -0.377 e. The van der Waals surface area contributed by atoms with E-state index < -0.39 is 10.0 Å². The van der Waals surface area contributed by atoms with Crippen LogP contribution in [0.2, 0.25) is 0 Å². The van der Waals surface area contributed by atoms with Gasteiger partial charge >= 0.3 is 6.03 Å². The van der Waals surface area contributed by atoms with Crippen LogP contribution in [-0.4, -0.2) is 51.7 Å². The SMILES string of the molecule is O=C(Nc1ccc(S(=O)(=O)NC[C@@H]2CCCO2)cc1)N1CCCCC1. The molecular formula is C17H25N3O4S. The van der Waals surface area contributed by atoms with Crippen molar-refractivity contribution in [3.8, 4) is 0 Å². The van der Waals surface area contributed by atoms with E-state index in [-0.39, 0.29) is 23.6 Å². The number of nitrogens with zero attached hydrogens (tertiary/aromatic N) is 1. The van der Waals surface area contributed by atoms with Gasteiger partial charge in [-0.15, -0.1) is 0 Å². The highest BCUT2D eigenvalue weighted by Crippen LogP contribution is 2.17. The maximum atomic E-state index is 12.3. The van der Waals surface area contributed by atoms with Gasteiger partial charge in [0.2, 0.25) is 10.0 Å². The van der Waals surface area contributed by atoms with Crippen LogP contribution >= 0.6 is 0 Å². The molecule has 1 atom stereocenters. The monoisotopic (exact) mass is 367 g/mol. The van der Waals surface area contributed by atoms with E-state index in [1.807, 2.05) is 0 Å². The summed E-state index contributed by atoms with van der Waals surface area (Å²) < 4.78 is 32.6. The van der Waals surface area contributed by atoms with Crippen molar-refractivity contribution in [1.82, 2.24) is 9.62 Å². The Morgan fingerprint density at radius 1 is 1.12 bits per heavy atom. The summed E-state index contributed by atoms with van der Waals surface area (Å²) in [6.07, 6.45) is 5.02. The first kappa shape index (κ1) is 18.2. The van der Waals surface area contributed by atoms with Crippen molar-refractivity contribution in [3.05, 3.63) is 24.3 Å². The molecule has 25 heavy (non-hydrogen) atoms. The van der Waals surface area contributed by atoms with Crippen LogP contribution in [0.15, 0.2) is 29.2 Å². The number of sulfonamides is 1. The van der Waals surface area contributed by atoms with E-state index in [9.17, 15) is 13.2 Å². The Kier molecular flexibility index (Phi) is 5.93. The molecule has 2 saturated heterocycles. The number of hydrogen-bond donors (Lipinski definition) is 2. The third-order valence-corrected chi connectivity index (χ3v) is 6.02. The number of piperidine rings is 1. The fourth-order valence-electron chi connectivity index (χ4n) is 3.11. The van der Waals surface area contributed by atoms with Gasteiger partial charge in [0, 0.05) is 31.9 Å². The number of carbonyl (C=O) groups is 1. The van der Waals surface area contributed by atoms with Gasteiger partial charge in [0.15, 0.2) is 0 Å². The van der Waals surface area contributed by atoms with E-state index in [1.54, 1.807) is 17.0 Å². The van der Waals surface area contributed by atoms with Gasteiger partial charge in [-0.2, -0.15) is 0 Å². The van der Waals surface area contributed by atoms with Gasteiger partial charge in [-0.25, -0.2) is 17.9 Å². The molecule has 0 aliphatic carbocycles. The number of ether oxygens (including phenoxy) is 1. The molecule has 2 aliphatic heterocycles. The molecule has 138 valence electrons. The minimum absolute atomic E-state index is 0.0436. The number of hydrogen-bond acceptors (Lipinski definition) is 4. The van der Waals surface area contributed by atoms with Gasteiger partial charge in [-0.3, -0.25) is 0 Å². The van der Waals surface area contributed by atoms with E-state index in [0.717, 1.165) is 45.2 Å². The molecule has 7 nitrogen and oxygen atoms in total. The Labute approximate surface area is 148 Å². The molecule has 2 N–H and O–H groups in total. The molecule has 1 aromatic rings. The molecular weight excluding hydrogens is 342 g/mol. The smallest absolute Gasteiger partial charge is 0.321 e. The molecule has 3 rings (SSSR count). The van der Waals surface area contributed by atoms with Crippen molar-refractivity contribution >= 4 is 21.7 Å². The summed E-state index contributed by atoms with van der Waals surface area (Å²) in [5, 5.41) is 2.82. The molecule has 0 radical (unpaired) electrons. The third-order valence-electron chi connectivity index (χ3n) is 4.58. The minimum atomic E-state index is -3.57. The maximum Gasteiger partial charge on any atom is 0.321 e. The maximum absolute atomic E-state index is 12.3. The second-order valence-electron chi connectivity index (χ2n) is 6.49. The first-order valence-electron chi connectivity index (χ1n) is 8.82. The van der Waals surface area contributed by atoms with Crippen LogP contribution in [0, 0.1) is 0 Å². The highest BCUT2D eigenvalue weighted by molar-refractivity contribution is 7.89. The summed E-state index contributed by atoms with van der Waals surface area (Å²) in [6, 6.07) is 6.10. The van der Waals surface area contributed by atoms with Crippen molar-refractivity contribution in [2.24, 2.45) is 0 Å². The number of likely N-dealkylation sites (tertiary alicyclic amines) is 1. The molecule has 0 aromatic heterocycles. The summed E-state index contributed by atoms with van der Waals surface area (Å²) in [5.74, 6) is 0. The first-order valence-corrected chi connectivity index (χ1v) is 10.3. The summed E-state index contributed by atoms with van der Waals surface area (Å²) in [7, 11) is -3.57. The van der Waals surface area contributed by atoms with Crippen LogP contribution in [0.25, 0.3) is 0 Å². The summed E-state index contributed by atoms with van der Waals surface area (Å²) >= 11 is 0. The molecule has 0 saturated carbocycles. The van der Waals surface area contributed by atoms with Gasteiger partial charge < -0.3 is 15.0 Å². The Morgan fingerprint density at radius 2 is 1.84 bits per heavy atom. The van der Waals surface area contributed by atoms with Crippen LogP contribution in [0.5, 0.6) is 0 Å². The van der Waals surface area contributed by atoms with E-state index in [4.69, 9.17) is 4.74 Å². The van der Waals surface area contributed by atoms with Crippen LogP contribution in [0.3, 0.4) is 0 Å². The molecule has 2 aliphatic rings. The summed E-state index contributed by atoms with van der Waals surface area (Å²) in [5.41, 5.74) is 0.591. The predicted molar refractivity (Wildman–Crippen MR) is 95.0 cm³/mol. The number of anilines is 1. The van der Waals surface area contributed by atoms with Crippen molar-refractivity contribution in [2.45, 2.75) is 43.1 Å². The van der Waals surface area contributed by atoms with Crippen LogP contribution < -0.4 is 10.0 Å². The summed E-state index contributed by atoms with van der Waals surface area (Å²) in [4.78, 5) is 14.1. The highest BCUT2D eigenvalue weighted by atomic mass is 32.2. The number of benzene rings is 1. The standard InChI is InChI=1S/C17H25N3O4S/c21-17(20-10-2-1-3-11-20)19-14-6-8-16(9-7-14)25(22,23)18-13-15-5-4-12-24-15/h6-9,15,18H,1-5,10-13H2,(H,19,21)/t15-/m0/s1. The van der Waals surface area contributed by atoms with E-state index >= 15 is 0 Å². The Hall–Kier alpha value is -1.64. The van der Waals surface area contributed by atoms with E-state index in [2.05, 4.69) is 10.0 Å². The van der Waals surface area contributed by atoms with E-state index in [0.29, 0.717) is 12.3 Å². The van der Waals surface area contributed by atoms with Crippen LogP contribution in [0.4, 0.5) is 10.5 Å². The normalized spacial score (nSPS) is 21.3. The van der Waals surface area contributed by atoms with Gasteiger partial charge in [0.1, 0.15) is 0 Å². The lowest BCUT2D eigenvalue weighted by atomic mass is 10.1. The Balaban J connectivity index is 1.56. The molecule has 1 aromatic carbocycles. The zero-order valence-electron chi connectivity index (χ0n) is 14.2. The van der Waals surface area contributed by atoms with Crippen molar-refractivity contribution < 1.29 is 17.9 Å². The number of amides is 2. The van der Waals surface area contributed by atoms with Crippen LogP contribution in [0.1, 0.15) is 32.1 Å². The van der Waals surface area contributed by atoms with Gasteiger partial charge in [0.05, 0.1) is 11.0 Å². The fraction of sp³-hybridized carbons (Fsp3) is 0.588. The van der Waals surface area contributed by atoms with Gasteiger partial charge in [-0.1, -0.05) is 0 Å². The average molecular weight is 367 g/mol. The molecule has 0 unspecified atom stereocenters. The first-order chi connectivity index (χ1) is 12.0. The number of carbonyl (C=O) groups excluding carboxylic acids is 1. The second kappa shape index (κ2) is 8.16. The number of rotatable bonds is 5. The topological polar surface area (TPSA) is 87.7 Å². The van der Waals surface area contributed by atoms with Crippen molar-refractivity contribution in [1.29, 1.82) is 0 Å². The zero-order valence-corrected chi connectivity index (χ0v) is 15.1. The predicted octanol–water partition coefficient (Wildman–Crippen LogP) is 2.16. The zero-order chi connectivity index (χ0) is 17.7. The second-order valence-corrected chi connectivity index (χ2v) is 8.26. The molecule has 0 bridgehead atoms. The third kappa shape index (κ3) is 4.93. The fourth-order valence-corrected chi connectivity index (χ4v) is 4.17. The van der Waals surface area contributed by atoms with Crippen molar-refractivity contribution in [3.63, 3.8) is 0 Å². The largest absolute Gasteiger partial charge is 0.377 e. The molecule has 2 fully saturated rings. The number of urea groups is 1. The molecule has 8 heteroatoms. The lowest BCUT2D eigenvalue weighted by Crippen LogP contribution is -2.38. The highest BCUT2D eigenvalue weighted by Gasteiger charge is 2.21. The average Bonchev–Trinajstić information content (AvgIpc) is 3.15.